The van der Waals surface area contributed by atoms with Gasteiger partial charge in [0.25, 0.3) is 0 Å². The van der Waals surface area contributed by atoms with Gasteiger partial charge in [-0.05, 0) is 67.4 Å². The van der Waals surface area contributed by atoms with Crippen LogP contribution in [-0.2, 0) is 14.4 Å². The van der Waals surface area contributed by atoms with Gasteiger partial charge in [-0.2, -0.15) is 0 Å². The van der Waals surface area contributed by atoms with Crippen molar-refractivity contribution in [2.45, 2.75) is 72.3 Å². The summed E-state index contributed by atoms with van der Waals surface area (Å²) in [5, 5.41) is 12.5. The van der Waals surface area contributed by atoms with E-state index in [4.69, 9.17) is 11.6 Å². The van der Waals surface area contributed by atoms with Crippen LogP contribution in [0.15, 0.2) is 22.8 Å². The molecule has 180 valence electrons. The van der Waals surface area contributed by atoms with E-state index in [0.717, 1.165) is 43.0 Å². The molecule has 0 saturated heterocycles. The van der Waals surface area contributed by atoms with E-state index in [0.29, 0.717) is 23.3 Å². The largest absolute Gasteiger partial charge is 0.381 e. The summed E-state index contributed by atoms with van der Waals surface area (Å²) in [4.78, 5) is 38.2. The second-order valence-electron chi connectivity index (χ2n) is 12.6. The van der Waals surface area contributed by atoms with Gasteiger partial charge in [0.2, 0.25) is 0 Å². The summed E-state index contributed by atoms with van der Waals surface area (Å²) in [5.74, 6) is 1.28. The number of aliphatic hydroxyl groups is 1. The lowest BCUT2D eigenvalue weighted by atomic mass is 9.47. The third-order valence-electron chi connectivity index (χ3n) is 10.1. The van der Waals surface area contributed by atoms with Crippen LogP contribution >= 0.6 is 23.4 Å². The number of carbonyl (C=O) groups excluding carboxylic acids is 3. The number of allylic oxidation sites excluding steroid dienone is 4. The predicted molar refractivity (Wildman–Crippen MR) is 131 cm³/mol. The van der Waals surface area contributed by atoms with Crippen LogP contribution in [0, 0.1) is 45.8 Å². The quantitative estimate of drug-likeness (QED) is 0.579. The number of carbonyl (C=O) groups is 3. The summed E-state index contributed by atoms with van der Waals surface area (Å²) in [6.07, 6.45) is 7.79. The molecule has 5 aliphatic rings. The van der Waals surface area contributed by atoms with Crippen LogP contribution in [0.3, 0.4) is 0 Å². The van der Waals surface area contributed by atoms with Crippen LogP contribution in [0.4, 0.5) is 0 Å². The maximum Gasteiger partial charge on any atom is 0.194 e. The molecule has 3 saturated carbocycles. The van der Waals surface area contributed by atoms with Gasteiger partial charge in [0.05, 0.1) is 5.75 Å². The normalized spacial score (nSPS) is 45.8. The second kappa shape index (κ2) is 7.30. The van der Waals surface area contributed by atoms with Crippen LogP contribution in [0.25, 0.3) is 0 Å². The highest BCUT2D eigenvalue weighted by molar-refractivity contribution is 8.14. The van der Waals surface area contributed by atoms with Crippen molar-refractivity contribution in [1.82, 2.24) is 0 Å². The highest BCUT2D eigenvalue weighted by Crippen LogP contribution is 2.72. The van der Waals surface area contributed by atoms with Crippen LogP contribution in [0.5, 0.6) is 0 Å². The van der Waals surface area contributed by atoms with Crippen molar-refractivity contribution < 1.29 is 19.5 Å². The molecular formula is C27H35ClO4S. The zero-order valence-corrected chi connectivity index (χ0v) is 21.8. The molecule has 5 aliphatic carbocycles. The zero-order chi connectivity index (χ0) is 24.1. The Hall–Kier alpha value is -0.910. The van der Waals surface area contributed by atoms with Gasteiger partial charge >= 0.3 is 0 Å². The van der Waals surface area contributed by atoms with E-state index in [1.165, 1.54) is 0 Å². The molecule has 0 amide bonds. The number of fused-ring (bicyclic) bond motifs is 7. The Morgan fingerprint density at radius 1 is 1.15 bits per heavy atom. The van der Waals surface area contributed by atoms with Gasteiger partial charge in [-0.3, -0.25) is 14.4 Å². The fraction of sp³-hybridized carbons (Fsp3) is 0.741. The molecule has 0 aromatic rings. The molecule has 0 radical (unpaired) electrons. The molecule has 0 unspecified atom stereocenters. The van der Waals surface area contributed by atoms with Crippen LogP contribution in [0.1, 0.15) is 66.7 Å². The Morgan fingerprint density at radius 3 is 2.48 bits per heavy atom. The lowest BCUT2D eigenvalue weighted by Crippen LogP contribution is -2.57. The third-order valence-corrected chi connectivity index (χ3v) is 11.7. The van der Waals surface area contributed by atoms with Crippen molar-refractivity contribution in [3.63, 3.8) is 0 Å². The molecule has 0 bridgehead atoms. The van der Waals surface area contributed by atoms with Gasteiger partial charge in [-0.25, -0.2) is 0 Å². The summed E-state index contributed by atoms with van der Waals surface area (Å²) >= 11 is 7.85. The van der Waals surface area contributed by atoms with Gasteiger partial charge in [-0.15, -0.1) is 0 Å². The van der Waals surface area contributed by atoms with Crippen molar-refractivity contribution in [3.05, 3.63) is 22.8 Å². The van der Waals surface area contributed by atoms with E-state index >= 15 is 0 Å². The average Bonchev–Trinajstić information content (AvgIpc) is 3.50. The first-order valence-electron chi connectivity index (χ1n) is 12.3. The van der Waals surface area contributed by atoms with E-state index < -0.39 is 16.4 Å². The number of hydrogen-bond donors (Lipinski definition) is 1. The van der Waals surface area contributed by atoms with Gasteiger partial charge in [0.15, 0.2) is 16.7 Å². The number of rotatable bonds is 3. The maximum absolute atomic E-state index is 13.4. The van der Waals surface area contributed by atoms with Crippen molar-refractivity contribution in [1.29, 1.82) is 0 Å². The van der Waals surface area contributed by atoms with E-state index in [2.05, 4.69) is 19.9 Å². The number of thioether (sulfide) groups is 1. The molecule has 8 atom stereocenters. The molecule has 5 rings (SSSR count). The number of hydrogen-bond acceptors (Lipinski definition) is 5. The SMILES string of the molecule is CC(C)(C)C(=O)SCC(=O)[C@@]1(O)CC[C@H]2[C@@H]3C=C(Cl)C4=CC(=O)[C@@H]5C[C@@H]5[C@]4(C)[C@H]3CC[C@@]21C. The number of Topliss-reactive ketones (excluding diaryl/α,β-unsaturated/α-hetero) is 1. The first-order chi connectivity index (χ1) is 15.2. The topological polar surface area (TPSA) is 71.4 Å². The first kappa shape index (κ1) is 23.8. The molecule has 0 heterocycles. The summed E-state index contributed by atoms with van der Waals surface area (Å²) in [6.45, 7) is 9.92. The highest BCUT2D eigenvalue weighted by atomic mass is 35.5. The Labute approximate surface area is 206 Å². The van der Waals surface area contributed by atoms with E-state index in [-0.39, 0.29) is 45.6 Å². The molecule has 33 heavy (non-hydrogen) atoms. The molecule has 0 aromatic heterocycles. The van der Waals surface area contributed by atoms with E-state index in [1.54, 1.807) is 6.08 Å². The van der Waals surface area contributed by atoms with Gasteiger partial charge in [0.1, 0.15) is 5.60 Å². The maximum atomic E-state index is 13.4. The van der Waals surface area contributed by atoms with Gasteiger partial charge < -0.3 is 5.11 Å². The zero-order valence-electron chi connectivity index (χ0n) is 20.2. The van der Waals surface area contributed by atoms with Gasteiger partial charge in [0, 0.05) is 27.2 Å². The molecule has 0 aliphatic heterocycles. The standard InChI is InChI=1S/C27H35ClO4S/c1-24(2,3)23(31)33-13-22(30)27(32)9-7-16-14-11-20(28)19-12-21(29)15-10-18(15)26(19,5)17(14)6-8-25(16,27)4/h11-12,14-18,32H,6-10,13H2,1-5H3/t14-,15+,16-,17-,18-,25-,26-,27-/m0/s1. The van der Waals surface area contributed by atoms with Crippen molar-refractivity contribution >= 4 is 40.0 Å². The van der Waals surface area contributed by atoms with Crippen LogP contribution in [-0.4, -0.2) is 33.1 Å². The molecule has 3 fully saturated rings. The predicted octanol–water partition coefficient (Wildman–Crippen LogP) is 5.32. The molecule has 6 heteroatoms. The lowest BCUT2D eigenvalue weighted by molar-refractivity contribution is -0.156. The molecule has 1 N–H and O–H groups in total. The minimum absolute atomic E-state index is 0.0239. The molecular weight excluding hydrogens is 456 g/mol. The van der Waals surface area contributed by atoms with Gasteiger partial charge in [-0.1, -0.05) is 64.1 Å². The molecule has 4 nitrogen and oxygen atoms in total. The van der Waals surface area contributed by atoms with E-state index in [1.807, 2.05) is 20.8 Å². The van der Waals surface area contributed by atoms with Crippen molar-refractivity contribution in [3.8, 4) is 0 Å². The number of halogens is 1. The summed E-state index contributed by atoms with van der Waals surface area (Å²) in [7, 11) is 0. The monoisotopic (exact) mass is 490 g/mol. The smallest absolute Gasteiger partial charge is 0.194 e. The van der Waals surface area contributed by atoms with E-state index in [9.17, 15) is 19.5 Å². The first-order valence-corrected chi connectivity index (χ1v) is 13.7. The molecule has 0 spiro atoms. The lowest BCUT2D eigenvalue weighted by Gasteiger charge is -2.57. The third kappa shape index (κ3) is 3.17. The Kier molecular flexibility index (Phi) is 5.27. The van der Waals surface area contributed by atoms with Crippen molar-refractivity contribution in [2.75, 3.05) is 5.75 Å². The molecule has 0 aromatic carbocycles. The Balaban J connectivity index is 1.43. The van der Waals surface area contributed by atoms with Crippen LogP contribution in [0.2, 0.25) is 0 Å². The fourth-order valence-corrected chi connectivity index (χ4v) is 9.24. The van der Waals surface area contributed by atoms with Crippen LogP contribution < -0.4 is 0 Å². The average molecular weight is 491 g/mol. The Morgan fingerprint density at radius 2 is 1.82 bits per heavy atom. The minimum atomic E-state index is -1.41. The summed E-state index contributed by atoms with van der Waals surface area (Å²) in [6, 6.07) is 0. The Bertz CT molecular complexity index is 1010. The second-order valence-corrected chi connectivity index (χ2v) is 14.0. The van der Waals surface area contributed by atoms with Crippen molar-refractivity contribution in [2.24, 2.45) is 45.8 Å². The summed E-state index contributed by atoms with van der Waals surface area (Å²) in [5.41, 5.74) is -1.54. The summed E-state index contributed by atoms with van der Waals surface area (Å²) < 4.78 is 0. The minimum Gasteiger partial charge on any atom is -0.381 e. The fourth-order valence-electron chi connectivity index (χ4n) is 7.91. The number of ketones is 2. The highest BCUT2D eigenvalue weighted by Gasteiger charge is 2.69.